The smallest absolute Gasteiger partial charge is 0.0316 e. The third-order valence-corrected chi connectivity index (χ3v) is 4.00. The number of hydrogen-bond donors (Lipinski definition) is 0. The van der Waals surface area contributed by atoms with Gasteiger partial charge >= 0.3 is 0 Å². The molecule has 0 fully saturated rings. The highest BCUT2D eigenvalue weighted by Gasteiger charge is 1.83. The largest absolute Gasteiger partial charge is 0.0882 e. The molecule has 0 aromatic heterocycles. The summed E-state index contributed by atoms with van der Waals surface area (Å²) in [4.78, 5) is 0. The molecule has 0 N–H and O–H groups in total. The standard InChI is InChI=1S/2C12H18/c2*1-2-4-6-8-10-12-11-9-7-5-3-1/h2*1-2,7-10H,3-6,11-12H2. The average molecular weight is 325 g/mol. The molecule has 24 heavy (non-hydrogen) atoms. The zero-order valence-electron chi connectivity index (χ0n) is 15.4. The molecule has 0 aromatic carbocycles. The summed E-state index contributed by atoms with van der Waals surface area (Å²) < 4.78 is 0. The summed E-state index contributed by atoms with van der Waals surface area (Å²) in [5.74, 6) is 0. The lowest BCUT2D eigenvalue weighted by Crippen LogP contribution is -1.71. The molecule has 0 saturated carbocycles. The van der Waals surface area contributed by atoms with Gasteiger partial charge in [-0.2, -0.15) is 0 Å². The molecule has 0 aliphatic heterocycles. The molecule has 0 amide bonds. The molecule has 2 rings (SSSR count). The number of rotatable bonds is 0. The van der Waals surface area contributed by atoms with E-state index in [1.807, 2.05) is 0 Å². The zero-order chi connectivity index (χ0) is 17.0. The Bertz CT molecular complexity index is 284. The molecule has 0 saturated heterocycles. The first kappa shape index (κ1) is 20.5. The van der Waals surface area contributed by atoms with Crippen molar-refractivity contribution in [2.24, 2.45) is 0 Å². The minimum Gasteiger partial charge on any atom is -0.0882 e. The fourth-order valence-corrected chi connectivity index (χ4v) is 2.57. The van der Waals surface area contributed by atoms with Gasteiger partial charge in [0.15, 0.2) is 0 Å². The summed E-state index contributed by atoms with van der Waals surface area (Å²) in [6.45, 7) is 0. The monoisotopic (exact) mass is 324 g/mol. The molecule has 0 nitrogen and oxygen atoms in total. The van der Waals surface area contributed by atoms with Crippen LogP contribution < -0.4 is 0 Å². The van der Waals surface area contributed by atoms with Gasteiger partial charge in [0.25, 0.3) is 0 Å². The van der Waals surface area contributed by atoms with E-state index in [1.54, 1.807) is 0 Å². The van der Waals surface area contributed by atoms with Crippen LogP contribution in [0.4, 0.5) is 0 Å². The third kappa shape index (κ3) is 15.3. The van der Waals surface area contributed by atoms with Gasteiger partial charge in [-0.05, 0) is 77.0 Å². The Morgan fingerprint density at radius 1 is 0.167 bits per heavy atom. The lowest BCUT2D eigenvalue weighted by Gasteiger charge is -1.92. The molecular weight excluding hydrogens is 288 g/mol. The molecular formula is C24H36. The Hall–Kier alpha value is -1.56. The van der Waals surface area contributed by atoms with Crippen LogP contribution in [0.15, 0.2) is 72.9 Å². The van der Waals surface area contributed by atoms with Crippen LogP contribution in [0.2, 0.25) is 0 Å². The van der Waals surface area contributed by atoms with Gasteiger partial charge < -0.3 is 0 Å². The van der Waals surface area contributed by atoms with Gasteiger partial charge in [-0.25, -0.2) is 0 Å². The maximum absolute atomic E-state index is 2.29. The van der Waals surface area contributed by atoms with Crippen LogP contribution in [0.3, 0.4) is 0 Å². The molecule has 0 bridgehead atoms. The zero-order valence-corrected chi connectivity index (χ0v) is 15.4. The van der Waals surface area contributed by atoms with Crippen molar-refractivity contribution in [1.29, 1.82) is 0 Å². The van der Waals surface area contributed by atoms with E-state index in [0.717, 1.165) is 0 Å². The second-order valence-corrected chi connectivity index (χ2v) is 6.29. The number of hydrogen-bond acceptors (Lipinski definition) is 0. The van der Waals surface area contributed by atoms with Gasteiger partial charge in [0.05, 0.1) is 0 Å². The van der Waals surface area contributed by atoms with Crippen molar-refractivity contribution in [3.63, 3.8) is 0 Å². The highest BCUT2D eigenvalue weighted by atomic mass is 13.9. The van der Waals surface area contributed by atoms with Crippen LogP contribution in [0.1, 0.15) is 77.0 Å². The van der Waals surface area contributed by atoms with Crippen molar-refractivity contribution in [1.82, 2.24) is 0 Å². The van der Waals surface area contributed by atoms with Crippen molar-refractivity contribution in [3.05, 3.63) is 72.9 Å². The highest BCUT2D eigenvalue weighted by molar-refractivity contribution is 4.94. The van der Waals surface area contributed by atoms with Gasteiger partial charge in [-0.3, -0.25) is 0 Å². The first-order valence-corrected chi connectivity index (χ1v) is 9.90. The highest BCUT2D eigenvalue weighted by Crippen LogP contribution is 2.03. The van der Waals surface area contributed by atoms with Crippen molar-refractivity contribution in [2.75, 3.05) is 0 Å². The molecule has 132 valence electrons. The van der Waals surface area contributed by atoms with E-state index in [9.17, 15) is 0 Å². The topological polar surface area (TPSA) is 0 Å². The van der Waals surface area contributed by atoms with Crippen LogP contribution in [-0.2, 0) is 0 Å². The summed E-state index contributed by atoms with van der Waals surface area (Å²) in [6, 6.07) is 0. The Balaban J connectivity index is 0.000000240. The lowest BCUT2D eigenvalue weighted by molar-refractivity contribution is 0.962. The maximum Gasteiger partial charge on any atom is -0.0316 e. The van der Waals surface area contributed by atoms with E-state index in [-0.39, 0.29) is 0 Å². The minimum atomic E-state index is 1.21. The van der Waals surface area contributed by atoms with Gasteiger partial charge in [0, 0.05) is 0 Å². The van der Waals surface area contributed by atoms with Crippen LogP contribution in [0.5, 0.6) is 0 Å². The van der Waals surface area contributed by atoms with E-state index >= 15 is 0 Å². The lowest BCUT2D eigenvalue weighted by atomic mass is 10.1. The number of allylic oxidation sites excluding steroid dienone is 12. The first-order chi connectivity index (χ1) is 12.0. The summed E-state index contributed by atoms with van der Waals surface area (Å²) >= 11 is 0. The first-order valence-electron chi connectivity index (χ1n) is 9.90. The SMILES string of the molecule is C1=CCCC=CCCC=CCC1.C1=CCCC=CCCC=CCC1. The Labute approximate surface area is 150 Å². The van der Waals surface area contributed by atoms with Crippen LogP contribution in [-0.4, -0.2) is 0 Å². The molecule has 0 radical (unpaired) electrons. The van der Waals surface area contributed by atoms with E-state index < -0.39 is 0 Å². The van der Waals surface area contributed by atoms with E-state index in [4.69, 9.17) is 0 Å². The van der Waals surface area contributed by atoms with E-state index in [2.05, 4.69) is 72.9 Å². The fourth-order valence-electron chi connectivity index (χ4n) is 2.57. The predicted molar refractivity (Wildman–Crippen MR) is 110 cm³/mol. The second-order valence-electron chi connectivity index (χ2n) is 6.29. The average Bonchev–Trinajstić information content (AvgIpc) is 2.56. The van der Waals surface area contributed by atoms with Crippen molar-refractivity contribution in [2.45, 2.75) is 77.0 Å². The minimum absolute atomic E-state index is 1.21. The fraction of sp³-hybridized carbons (Fsp3) is 0.500. The third-order valence-electron chi connectivity index (χ3n) is 4.00. The molecule has 0 unspecified atom stereocenters. The molecule has 0 spiro atoms. The van der Waals surface area contributed by atoms with E-state index in [1.165, 1.54) is 77.0 Å². The van der Waals surface area contributed by atoms with Crippen LogP contribution >= 0.6 is 0 Å². The van der Waals surface area contributed by atoms with Gasteiger partial charge in [0.2, 0.25) is 0 Å². The Morgan fingerprint density at radius 2 is 0.250 bits per heavy atom. The predicted octanol–water partition coefficient (Wildman–Crippen LogP) is 8.02. The summed E-state index contributed by atoms with van der Waals surface area (Å²) in [7, 11) is 0. The van der Waals surface area contributed by atoms with Crippen molar-refractivity contribution < 1.29 is 0 Å². The van der Waals surface area contributed by atoms with Gasteiger partial charge in [-0.15, -0.1) is 0 Å². The van der Waals surface area contributed by atoms with Crippen LogP contribution in [0, 0.1) is 0 Å². The van der Waals surface area contributed by atoms with E-state index in [0.29, 0.717) is 0 Å². The van der Waals surface area contributed by atoms with Crippen molar-refractivity contribution in [3.8, 4) is 0 Å². The summed E-state index contributed by atoms with van der Waals surface area (Å²) in [5.41, 5.74) is 0. The molecule has 0 aromatic rings. The van der Waals surface area contributed by atoms with Gasteiger partial charge in [0.1, 0.15) is 0 Å². The molecule has 0 atom stereocenters. The van der Waals surface area contributed by atoms with Crippen LogP contribution in [0.25, 0.3) is 0 Å². The molecule has 0 heterocycles. The maximum atomic E-state index is 2.29. The second kappa shape index (κ2) is 17.8. The quantitative estimate of drug-likeness (QED) is 0.396. The van der Waals surface area contributed by atoms with Crippen molar-refractivity contribution >= 4 is 0 Å². The van der Waals surface area contributed by atoms with Gasteiger partial charge in [-0.1, -0.05) is 72.9 Å². The molecule has 2 aliphatic carbocycles. The normalized spacial score (nSPS) is 20.0. The Kier molecular flexibility index (Phi) is 15.2. The summed E-state index contributed by atoms with van der Waals surface area (Å²) in [6.07, 6.45) is 42.0. The molecule has 0 heteroatoms. The summed E-state index contributed by atoms with van der Waals surface area (Å²) in [5, 5.41) is 0. The molecule has 2 aliphatic rings. The Morgan fingerprint density at radius 3 is 0.333 bits per heavy atom.